The number of hydrogen-bond acceptors (Lipinski definition) is 5. The van der Waals surface area contributed by atoms with Gasteiger partial charge in [-0.25, -0.2) is 0 Å². The summed E-state index contributed by atoms with van der Waals surface area (Å²) < 4.78 is 0. The average molecular weight is 581 g/mol. The fourth-order valence-electron chi connectivity index (χ4n) is 5.24. The fourth-order valence-corrected chi connectivity index (χ4v) is 5.24. The topological polar surface area (TPSA) is 145 Å². The van der Waals surface area contributed by atoms with Gasteiger partial charge in [-0.2, -0.15) is 0 Å². The van der Waals surface area contributed by atoms with Crippen LogP contribution in [0.25, 0.3) is 0 Å². The Bertz CT molecular complexity index is 818. The highest BCUT2D eigenvalue weighted by atomic mass is 16.4. The molecule has 2 unspecified atom stereocenters. The van der Waals surface area contributed by atoms with Crippen LogP contribution in [-0.2, 0) is 24.0 Å². The number of nitrogens with zero attached hydrogens (tertiary/aromatic N) is 1. The molecule has 1 aliphatic heterocycles. The van der Waals surface area contributed by atoms with Gasteiger partial charge < -0.3 is 26.0 Å². The van der Waals surface area contributed by atoms with E-state index in [1.54, 1.807) is 20.8 Å². The van der Waals surface area contributed by atoms with Gasteiger partial charge in [-0.05, 0) is 32.1 Å². The summed E-state index contributed by atoms with van der Waals surface area (Å²) in [6.45, 7) is 7.28. The Morgan fingerprint density at radius 2 is 1.34 bits per heavy atom. The van der Waals surface area contributed by atoms with Crippen molar-refractivity contribution < 1.29 is 29.1 Å². The van der Waals surface area contributed by atoms with Crippen LogP contribution in [0.5, 0.6) is 0 Å². The summed E-state index contributed by atoms with van der Waals surface area (Å²) in [5, 5.41) is 16.6. The maximum Gasteiger partial charge on any atom is 0.322 e. The Hall–Kier alpha value is -2.65. The molecule has 1 rings (SSSR count). The van der Waals surface area contributed by atoms with E-state index < -0.39 is 42.5 Å². The largest absolute Gasteiger partial charge is 0.480 e. The fraction of sp³-hybridized carbons (Fsp3) is 0.839. The zero-order valence-electron chi connectivity index (χ0n) is 26.0. The highest BCUT2D eigenvalue weighted by Crippen LogP contribution is 2.20. The van der Waals surface area contributed by atoms with E-state index in [4.69, 9.17) is 5.11 Å². The van der Waals surface area contributed by atoms with Gasteiger partial charge in [-0.3, -0.25) is 24.0 Å². The van der Waals surface area contributed by atoms with Gasteiger partial charge in [0.05, 0.1) is 0 Å². The molecule has 0 aromatic carbocycles. The number of hydrogen-bond donors (Lipinski definition) is 4. The molecule has 41 heavy (non-hydrogen) atoms. The maximum atomic E-state index is 13.3. The molecule has 0 aromatic rings. The van der Waals surface area contributed by atoms with E-state index in [2.05, 4.69) is 22.9 Å². The van der Waals surface area contributed by atoms with Crippen LogP contribution in [0, 0.1) is 5.92 Å². The van der Waals surface area contributed by atoms with Crippen LogP contribution >= 0.6 is 0 Å². The summed E-state index contributed by atoms with van der Waals surface area (Å²) in [5.74, 6) is -2.94. The van der Waals surface area contributed by atoms with E-state index in [9.17, 15) is 24.0 Å². The molecule has 0 bridgehead atoms. The van der Waals surface area contributed by atoms with Crippen molar-refractivity contribution in [3.63, 3.8) is 0 Å². The monoisotopic (exact) mass is 580 g/mol. The molecule has 236 valence electrons. The van der Waals surface area contributed by atoms with E-state index in [1.807, 2.05) is 0 Å². The number of amides is 4. The molecule has 10 nitrogen and oxygen atoms in total. The first-order chi connectivity index (χ1) is 19.6. The minimum Gasteiger partial charge on any atom is -0.480 e. The number of aliphatic carboxylic acids is 1. The first-order valence-electron chi connectivity index (χ1n) is 16.0. The lowest BCUT2D eigenvalue weighted by Gasteiger charge is -2.31. The lowest BCUT2D eigenvalue weighted by atomic mass is 10.0. The second kappa shape index (κ2) is 21.1. The smallest absolute Gasteiger partial charge is 0.322 e. The Morgan fingerprint density at radius 1 is 0.805 bits per heavy atom. The minimum absolute atomic E-state index is 0.183. The van der Waals surface area contributed by atoms with Crippen molar-refractivity contribution in [1.82, 2.24) is 20.9 Å². The van der Waals surface area contributed by atoms with Crippen LogP contribution in [0.15, 0.2) is 0 Å². The van der Waals surface area contributed by atoms with Crippen LogP contribution in [0.3, 0.4) is 0 Å². The molecule has 1 aliphatic rings. The number of likely N-dealkylation sites (tertiary alicyclic amines) is 1. The number of carboxylic acids is 1. The van der Waals surface area contributed by atoms with Crippen molar-refractivity contribution in [2.24, 2.45) is 5.92 Å². The highest BCUT2D eigenvalue weighted by Gasteiger charge is 2.39. The van der Waals surface area contributed by atoms with E-state index in [1.165, 1.54) is 69.1 Å². The zero-order valence-corrected chi connectivity index (χ0v) is 26.0. The average Bonchev–Trinajstić information content (AvgIpc) is 3.42. The van der Waals surface area contributed by atoms with Crippen molar-refractivity contribution in [1.29, 1.82) is 0 Å². The third-order valence-corrected chi connectivity index (χ3v) is 7.76. The molecule has 0 aromatic heterocycles. The van der Waals surface area contributed by atoms with Crippen LogP contribution in [0.2, 0.25) is 0 Å². The summed E-state index contributed by atoms with van der Waals surface area (Å²) >= 11 is 0. The lowest BCUT2D eigenvalue weighted by Crippen LogP contribution is -2.57. The molecule has 1 heterocycles. The quantitative estimate of drug-likeness (QED) is 0.141. The van der Waals surface area contributed by atoms with Crippen LogP contribution in [0.4, 0.5) is 0 Å². The first-order valence-corrected chi connectivity index (χ1v) is 16.0. The van der Waals surface area contributed by atoms with Crippen molar-refractivity contribution in [2.45, 2.75) is 149 Å². The Labute approximate surface area is 247 Å². The predicted molar refractivity (Wildman–Crippen MR) is 160 cm³/mol. The van der Waals surface area contributed by atoms with Crippen molar-refractivity contribution in [2.75, 3.05) is 13.1 Å². The summed E-state index contributed by atoms with van der Waals surface area (Å²) in [5.41, 5.74) is 0. The summed E-state index contributed by atoms with van der Waals surface area (Å²) in [4.78, 5) is 63.2. The molecular weight excluding hydrogens is 524 g/mol. The first kappa shape index (κ1) is 36.4. The third kappa shape index (κ3) is 15.2. The summed E-state index contributed by atoms with van der Waals surface area (Å²) in [7, 11) is 0. The summed E-state index contributed by atoms with van der Waals surface area (Å²) in [6.07, 6.45) is 17.4. The van der Waals surface area contributed by atoms with Gasteiger partial charge in [0.1, 0.15) is 24.7 Å². The van der Waals surface area contributed by atoms with Gasteiger partial charge >= 0.3 is 5.97 Å². The molecular formula is C31H56N4O6. The van der Waals surface area contributed by atoms with E-state index in [0.29, 0.717) is 25.8 Å². The van der Waals surface area contributed by atoms with Gasteiger partial charge in [0.15, 0.2) is 0 Å². The number of carbonyl (C=O) groups is 5. The molecule has 0 saturated carbocycles. The third-order valence-electron chi connectivity index (χ3n) is 7.76. The Morgan fingerprint density at radius 3 is 1.85 bits per heavy atom. The second-order valence-corrected chi connectivity index (χ2v) is 11.8. The van der Waals surface area contributed by atoms with Crippen molar-refractivity contribution in [3.8, 4) is 0 Å². The predicted octanol–water partition coefficient (Wildman–Crippen LogP) is 4.31. The molecule has 10 heteroatoms. The van der Waals surface area contributed by atoms with Gasteiger partial charge in [-0.15, -0.1) is 0 Å². The van der Waals surface area contributed by atoms with E-state index in [-0.39, 0.29) is 17.7 Å². The van der Waals surface area contributed by atoms with Gasteiger partial charge in [0.2, 0.25) is 23.6 Å². The van der Waals surface area contributed by atoms with Crippen molar-refractivity contribution >= 4 is 29.6 Å². The standard InChI is InChI=1S/C31H56N4O6/c1-5-6-7-8-9-10-11-12-13-14-15-16-17-20-26(36)33-24(4)29(39)34-28(23(2)3)31(41)35-21-18-19-25(35)30(40)32-22-27(37)38/h23-25,28H,5-22H2,1-4H3,(H,32,40)(H,33,36)(H,34,39)(H,37,38)/t24?,25-,28?/m0/s1. The summed E-state index contributed by atoms with van der Waals surface area (Å²) in [6, 6.07) is -2.43. The lowest BCUT2D eigenvalue weighted by molar-refractivity contribution is -0.143. The van der Waals surface area contributed by atoms with Crippen LogP contribution in [0.1, 0.15) is 130 Å². The number of carboxylic acid groups (broad SMARTS) is 1. The van der Waals surface area contributed by atoms with E-state index in [0.717, 1.165) is 19.3 Å². The van der Waals surface area contributed by atoms with Gasteiger partial charge in [0.25, 0.3) is 0 Å². The zero-order chi connectivity index (χ0) is 30.6. The highest BCUT2D eigenvalue weighted by molar-refractivity contribution is 5.95. The van der Waals surface area contributed by atoms with E-state index >= 15 is 0 Å². The minimum atomic E-state index is -1.16. The second-order valence-electron chi connectivity index (χ2n) is 11.8. The number of rotatable bonds is 22. The molecule has 3 atom stereocenters. The molecule has 4 N–H and O–H groups in total. The Kier molecular flexibility index (Phi) is 18.7. The molecule has 0 aliphatic carbocycles. The molecule has 4 amide bonds. The molecule has 0 spiro atoms. The molecule has 1 saturated heterocycles. The Balaban J connectivity index is 2.33. The normalized spacial score (nSPS) is 16.3. The number of carbonyl (C=O) groups excluding carboxylic acids is 4. The molecule has 1 fully saturated rings. The number of nitrogens with one attached hydrogen (secondary N) is 3. The van der Waals surface area contributed by atoms with Crippen LogP contribution < -0.4 is 16.0 Å². The molecule has 0 radical (unpaired) electrons. The SMILES string of the molecule is CCCCCCCCCCCCCCCC(=O)NC(C)C(=O)NC(C(=O)N1CCC[C@H]1C(=O)NCC(=O)O)C(C)C. The van der Waals surface area contributed by atoms with Crippen molar-refractivity contribution in [3.05, 3.63) is 0 Å². The van der Waals surface area contributed by atoms with Crippen LogP contribution in [-0.4, -0.2) is 70.8 Å². The number of unbranched alkanes of at least 4 members (excludes halogenated alkanes) is 12. The maximum absolute atomic E-state index is 13.3. The van der Waals surface area contributed by atoms with Gasteiger partial charge in [0, 0.05) is 13.0 Å². The van der Waals surface area contributed by atoms with Gasteiger partial charge in [-0.1, -0.05) is 97.8 Å².